The number of carbonyl (C=O) groups is 3. The number of aliphatic carboxylic acids is 1. The van der Waals surface area contributed by atoms with E-state index in [1.54, 1.807) is 6.08 Å². The van der Waals surface area contributed by atoms with Crippen molar-refractivity contribution in [1.82, 2.24) is 0 Å². The van der Waals surface area contributed by atoms with E-state index in [-0.39, 0.29) is 12.8 Å². The number of carboxylic acids is 1. The van der Waals surface area contributed by atoms with Gasteiger partial charge in [0, 0.05) is 12.8 Å². The minimum absolute atomic E-state index is 0.114. The Bertz CT molecular complexity index is 1120. The molecule has 0 aromatic rings. The second-order valence-corrected chi connectivity index (χ2v) is 15.1. The second kappa shape index (κ2) is 36.1. The molecule has 0 saturated heterocycles. The third-order valence-electron chi connectivity index (χ3n) is 8.41. The standard InChI is InChI=1S/C41H72NO11P/c1-3-5-7-9-11-12-13-14-15-20-24-28-32-40(45)53-37(34-51-54(48,49)52-35-38(42)41(46)47)33-50-39(44)31-27-23-19-17-16-18-22-26-30-36(43)29-25-21-10-8-6-4-2/h17-19,21-22,25-26,30,36-38,43H,3-16,20,23-24,27-29,31-35,42H2,1-2H3,(H,46,47)(H,48,49)/b19-17-,22-18-,25-21-,30-26+/t36-,37-,38+/m1/s1. The molecule has 4 atom stereocenters. The number of carboxylic acid groups (broad SMARTS) is 1. The van der Waals surface area contributed by atoms with Crippen molar-refractivity contribution in [2.24, 2.45) is 5.73 Å². The number of rotatable bonds is 37. The Balaban J connectivity index is 4.56. The molecule has 0 aliphatic heterocycles. The first-order valence-corrected chi connectivity index (χ1v) is 21.8. The predicted octanol–water partition coefficient (Wildman–Crippen LogP) is 9.19. The van der Waals surface area contributed by atoms with E-state index < -0.39 is 63.8 Å². The molecule has 1 unspecified atom stereocenters. The first-order chi connectivity index (χ1) is 26.0. The number of hydrogen-bond acceptors (Lipinski definition) is 10. The van der Waals surface area contributed by atoms with Gasteiger partial charge in [-0.3, -0.25) is 23.4 Å². The molecule has 0 aliphatic rings. The molecular weight excluding hydrogens is 713 g/mol. The quantitative estimate of drug-likeness (QED) is 0.0154. The van der Waals surface area contributed by atoms with E-state index in [1.807, 2.05) is 36.5 Å². The van der Waals surface area contributed by atoms with Crippen LogP contribution in [0, 0.1) is 0 Å². The summed E-state index contributed by atoms with van der Waals surface area (Å²) in [4.78, 5) is 45.8. The van der Waals surface area contributed by atoms with Crippen LogP contribution in [0.25, 0.3) is 0 Å². The molecule has 0 fully saturated rings. The Kier molecular flexibility index (Phi) is 34.3. The molecule has 0 aromatic heterocycles. The fourth-order valence-electron chi connectivity index (χ4n) is 5.14. The molecule has 0 heterocycles. The zero-order valence-corrected chi connectivity index (χ0v) is 34.1. The zero-order valence-electron chi connectivity index (χ0n) is 33.2. The summed E-state index contributed by atoms with van der Waals surface area (Å²) in [7, 11) is -4.74. The van der Waals surface area contributed by atoms with E-state index in [1.165, 1.54) is 70.6 Å². The minimum atomic E-state index is -4.74. The Labute approximate surface area is 325 Å². The first kappa shape index (κ1) is 51.4. The summed E-state index contributed by atoms with van der Waals surface area (Å²) in [5.41, 5.74) is 5.31. The summed E-state index contributed by atoms with van der Waals surface area (Å²) in [5.74, 6) is -2.50. The summed E-state index contributed by atoms with van der Waals surface area (Å²) in [6, 6.07) is -1.54. The van der Waals surface area contributed by atoms with E-state index in [0.29, 0.717) is 32.1 Å². The van der Waals surface area contributed by atoms with Gasteiger partial charge in [-0.1, -0.05) is 146 Å². The van der Waals surface area contributed by atoms with Gasteiger partial charge in [-0.2, -0.15) is 0 Å². The minimum Gasteiger partial charge on any atom is -0.480 e. The number of unbranched alkanes of at least 4 members (excludes halogenated alkanes) is 15. The molecule has 0 bridgehead atoms. The van der Waals surface area contributed by atoms with Gasteiger partial charge in [0.2, 0.25) is 0 Å². The van der Waals surface area contributed by atoms with Crippen LogP contribution in [0.15, 0.2) is 48.6 Å². The monoisotopic (exact) mass is 785 g/mol. The lowest BCUT2D eigenvalue weighted by molar-refractivity contribution is -0.161. The number of allylic oxidation sites excluding steroid dienone is 6. The van der Waals surface area contributed by atoms with Crippen molar-refractivity contribution in [3.05, 3.63) is 48.6 Å². The maximum atomic E-state index is 12.6. The van der Waals surface area contributed by atoms with E-state index in [9.17, 15) is 28.9 Å². The highest BCUT2D eigenvalue weighted by molar-refractivity contribution is 7.47. The molecule has 0 amide bonds. The van der Waals surface area contributed by atoms with E-state index in [2.05, 4.69) is 24.4 Å². The van der Waals surface area contributed by atoms with Gasteiger partial charge in [-0.25, -0.2) is 4.57 Å². The molecule has 0 aliphatic carbocycles. The highest BCUT2D eigenvalue weighted by Gasteiger charge is 2.28. The largest absolute Gasteiger partial charge is 0.480 e. The normalized spacial score (nSPS) is 14.9. The fourth-order valence-corrected chi connectivity index (χ4v) is 5.92. The number of ether oxygens (including phenoxy) is 2. The fraction of sp³-hybridized carbons (Fsp3) is 0.732. The number of carbonyl (C=O) groups excluding carboxylic acids is 2. The molecule has 0 radical (unpaired) electrons. The van der Waals surface area contributed by atoms with Crippen molar-refractivity contribution in [2.45, 2.75) is 173 Å². The molecule has 0 spiro atoms. The van der Waals surface area contributed by atoms with Crippen LogP contribution in [0.3, 0.4) is 0 Å². The molecule has 0 rings (SSSR count). The summed E-state index contributed by atoms with van der Waals surface area (Å²) < 4.78 is 32.5. The van der Waals surface area contributed by atoms with Crippen molar-refractivity contribution in [3.63, 3.8) is 0 Å². The van der Waals surface area contributed by atoms with Crippen LogP contribution in [0.2, 0.25) is 0 Å². The van der Waals surface area contributed by atoms with Crippen molar-refractivity contribution in [3.8, 4) is 0 Å². The Morgan fingerprint density at radius 3 is 1.87 bits per heavy atom. The van der Waals surface area contributed by atoms with Crippen molar-refractivity contribution in [1.29, 1.82) is 0 Å². The van der Waals surface area contributed by atoms with Gasteiger partial charge in [0.1, 0.15) is 12.6 Å². The lowest BCUT2D eigenvalue weighted by Crippen LogP contribution is -2.34. The number of esters is 2. The number of phosphoric ester groups is 1. The molecule has 0 aromatic carbocycles. The zero-order chi connectivity index (χ0) is 40.1. The number of nitrogens with two attached hydrogens (primary N) is 1. The van der Waals surface area contributed by atoms with Crippen molar-refractivity contribution >= 4 is 25.7 Å². The Hall–Kier alpha value is -2.60. The maximum Gasteiger partial charge on any atom is 0.472 e. The van der Waals surface area contributed by atoms with Gasteiger partial charge in [0.05, 0.1) is 19.3 Å². The number of aliphatic hydroxyl groups excluding tert-OH is 1. The number of hydrogen-bond donors (Lipinski definition) is 4. The van der Waals surface area contributed by atoms with Crippen LogP contribution in [0.5, 0.6) is 0 Å². The van der Waals surface area contributed by atoms with E-state index in [4.69, 9.17) is 24.8 Å². The third kappa shape index (κ3) is 35.1. The van der Waals surface area contributed by atoms with Crippen LogP contribution < -0.4 is 5.73 Å². The first-order valence-electron chi connectivity index (χ1n) is 20.3. The highest BCUT2D eigenvalue weighted by Crippen LogP contribution is 2.43. The van der Waals surface area contributed by atoms with Crippen molar-refractivity contribution < 1.29 is 52.6 Å². The Morgan fingerprint density at radius 1 is 0.667 bits per heavy atom. The van der Waals surface area contributed by atoms with Gasteiger partial charge < -0.3 is 30.3 Å². The molecule has 13 heteroatoms. The molecule has 54 heavy (non-hydrogen) atoms. The molecule has 312 valence electrons. The molecular formula is C41H72NO11P. The molecule has 0 saturated carbocycles. The highest BCUT2D eigenvalue weighted by atomic mass is 31.2. The van der Waals surface area contributed by atoms with Gasteiger partial charge in [-0.05, 0) is 44.9 Å². The van der Waals surface area contributed by atoms with Crippen LogP contribution >= 0.6 is 7.82 Å². The second-order valence-electron chi connectivity index (χ2n) is 13.6. The number of phosphoric acid groups is 1. The van der Waals surface area contributed by atoms with E-state index in [0.717, 1.165) is 25.7 Å². The average molecular weight is 786 g/mol. The smallest absolute Gasteiger partial charge is 0.472 e. The topological polar surface area (TPSA) is 192 Å². The van der Waals surface area contributed by atoms with Gasteiger partial charge >= 0.3 is 25.7 Å². The van der Waals surface area contributed by atoms with Crippen LogP contribution in [-0.4, -0.2) is 71.1 Å². The predicted molar refractivity (Wildman–Crippen MR) is 214 cm³/mol. The van der Waals surface area contributed by atoms with Crippen LogP contribution in [-0.2, 0) is 37.5 Å². The third-order valence-corrected chi connectivity index (χ3v) is 9.36. The lowest BCUT2D eigenvalue weighted by atomic mass is 10.0. The van der Waals surface area contributed by atoms with Gasteiger partial charge in [0.25, 0.3) is 0 Å². The van der Waals surface area contributed by atoms with Crippen molar-refractivity contribution in [2.75, 3.05) is 19.8 Å². The van der Waals surface area contributed by atoms with Gasteiger partial charge in [0.15, 0.2) is 6.10 Å². The Morgan fingerprint density at radius 2 is 1.22 bits per heavy atom. The van der Waals surface area contributed by atoms with Crippen LogP contribution in [0.1, 0.15) is 155 Å². The summed E-state index contributed by atoms with van der Waals surface area (Å²) >= 11 is 0. The average Bonchev–Trinajstić information content (AvgIpc) is 3.14. The maximum absolute atomic E-state index is 12.6. The van der Waals surface area contributed by atoms with Crippen LogP contribution in [0.4, 0.5) is 0 Å². The molecule has 5 N–H and O–H groups in total. The molecule has 12 nitrogen and oxygen atoms in total. The number of aliphatic hydroxyl groups is 1. The van der Waals surface area contributed by atoms with E-state index >= 15 is 0 Å². The lowest BCUT2D eigenvalue weighted by Gasteiger charge is -2.20. The summed E-state index contributed by atoms with van der Waals surface area (Å²) in [6.45, 7) is 2.61. The summed E-state index contributed by atoms with van der Waals surface area (Å²) in [5, 5.41) is 18.9. The summed E-state index contributed by atoms with van der Waals surface area (Å²) in [6.07, 6.45) is 35.0. The van der Waals surface area contributed by atoms with Gasteiger partial charge in [-0.15, -0.1) is 0 Å². The SMILES string of the molecule is CCCCC/C=C\C[C@@H](O)/C=C/C=C\C/C=C\CCCC(=O)OC[C@H](COP(=O)(O)OC[C@H](N)C(=O)O)OC(=O)CCCCCCCCCCCCCC.